The Morgan fingerprint density at radius 2 is 1.90 bits per heavy atom. The molecule has 0 saturated heterocycles. The second-order valence-corrected chi connectivity index (χ2v) is 9.12. The van der Waals surface area contributed by atoms with Crippen LogP contribution < -0.4 is 5.32 Å². The van der Waals surface area contributed by atoms with Gasteiger partial charge in [-0.3, -0.25) is 4.79 Å². The number of ketones is 1. The number of allylic oxidation sites excluding steroid dienone is 2. The highest BCUT2D eigenvalue weighted by molar-refractivity contribution is 6.01. The van der Waals surface area contributed by atoms with Gasteiger partial charge in [0.05, 0.1) is 17.9 Å². The largest absolute Gasteiger partial charge is 0.468 e. The maximum atomic E-state index is 13.2. The van der Waals surface area contributed by atoms with Gasteiger partial charge in [-0.25, -0.2) is 9.97 Å². The summed E-state index contributed by atoms with van der Waals surface area (Å²) in [5.74, 6) is 1.96. The van der Waals surface area contributed by atoms with Crippen LogP contribution in [0.1, 0.15) is 61.0 Å². The molecule has 0 spiro atoms. The van der Waals surface area contributed by atoms with E-state index in [2.05, 4.69) is 29.1 Å². The average molecular weight is 403 g/mol. The van der Waals surface area contributed by atoms with Gasteiger partial charge in [0.1, 0.15) is 11.6 Å². The molecule has 0 aromatic carbocycles. The molecule has 1 aliphatic carbocycles. The van der Waals surface area contributed by atoms with Crippen LogP contribution in [0.25, 0.3) is 5.95 Å². The van der Waals surface area contributed by atoms with E-state index in [0.29, 0.717) is 12.4 Å². The number of aryl methyl sites for hydroxylation is 3. The molecule has 1 aliphatic heterocycles. The summed E-state index contributed by atoms with van der Waals surface area (Å²) < 4.78 is 7.57. The van der Waals surface area contributed by atoms with E-state index in [4.69, 9.17) is 9.52 Å². The molecule has 1 N–H and O–H groups in total. The third-order valence-electron chi connectivity index (χ3n) is 5.86. The van der Waals surface area contributed by atoms with Gasteiger partial charge in [0, 0.05) is 34.6 Å². The van der Waals surface area contributed by atoms with Crippen molar-refractivity contribution in [2.24, 2.45) is 5.41 Å². The summed E-state index contributed by atoms with van der Waals surface area (Å²) in [4.78, 5) is 22.5. The summed E-state index contributed by atoms with van der Waals surface area (Å²) in [5.41, 5.74) is 5.16. The molecule has 0 saturated carbocycles. The molecule has 7 heteroatoms. The number of carbonyl (C=O) groups excluding carboxylic acids is 1. The lowest BCUT2D eigenvalue weighted by atomic mass is 9.70. The van der Waals surface area contributed by atoms with Gasteiger partial charge in [0.15, 0.2) is 5.78 Å². The van der Waals surface area contributed by atoms with E-state index in [-0.39, 0.29) is 17.1 Å². The number of fused-ring (bicyclic) bond motifs is 1. The predicted octanol–water partition coefficient (Wildman–Crippen LogP) is 4.38. The van der Waals surface area contributed by atoms with Gasteiger partial charge in [0.2, 0.25) is 0 Å². The van der Waals surface area contributed by atoms with Gasteiger partial charge in [-0.1, -0.05) is 13.8 Å². The fourth-order valence-electron chi connectivity index (χ4n) is 4.76. The molecule has 5 rings (SSSR count). The monoisotopic (exact) mass is 403 g/mol. The van der Waals surface area contributed by atoms with Crippen LogP contribution in [0.15, 0.2) is 40.1 Å². The van der Waals surface area contributed by atoms with E-state index < -0.39 is 0 Å². The smallest absolute Gasteiger partial charge is 0.252 e. The number of furan rings is 1. The summed E-state index contributed by atoms with van der Waals surface area (Å²) in [6.07, 6.45) is 2.96. The van der Waals surface area contributed by atoms with Crippen LogP contribution in [-0.4, -0.2) is 25.5 Å². The van der Waals surface area contributed by atoms with Crippen molar-refractivity contribution in [3.63, 3.8) is 0 Å². The second kappa shape index (κ2) is 6.39. The number of rotatable bonds is 2. The number of nitrogens with zero attached hydrogens (tertiary/aromatic N) is 4. The molecule has 3 aromatic rings. The Morgan fingerprint density at radius 1 is 1.17 bits per heavy atom. The fraction of sp³-hybridized carbons (Fsp3) is 0.391. The van der Waals surface area contributed by atoms with Crippen molar-refractivity contribution in [1.29, 1.82) is 0 Å². The number of hydrogen-bond acceptors (Lipinski definition) is 6. The van der Waals surface area contributed by atoms with Crippen molar-refractivity contribution in [2.75, 3.05) is 5.32 Å². The number of carbonyl (C=O) groups is 1. The molecule has 30 heavy (non-hydrogen) atoms. The Balaban J connectivity index is 1.75. The lowest BCUT2D eigenvalue weighted by Crippen LogP contribution is -2.34. The van der Waals surface area contributed by atoms with Crippen LogP contribution in [0.4, 0.5) is 5.82 Å². The molecule has 0 radical (unpaired) electrons. The van der Waals surface area contributed by atoms with Gasteiger partial charge in [-0.05, 0) is 50.8 Å². The van der Waals surface area contributed by atoms with E-state index in [9.17, 15) is 4.79 Å². The summed E-state index contributed by atoms with van der Waals surface area (Å²) >= 11 is 0. The Bertz CT molecular complexity index is 1180. The molecule has 4 heterocycles. The van der Waals surface area contributed by atoms with Gasteiger partial charge in [-0.15, -0.1) is 0 Å². The number of aromatic nitrogens is 4. The van der Waals surface area contributed by atoms with Gasteiger partial charge < -0.3 is 9.73 Å². The molecule has 0 bridgehead atoms. The Kier molecular flexibility index (Phi) is 4.00. The minimum absolute atomic E-state index is 0.107. The average Bonchev–Trinajstić information content (AvgIpc) is 3.27. The number of Topliss-reactive ketones (excluding diaryl/α,β-unsaturated/α-hetero) is 1. The fourth-order valence-corrected chi connectivity index (χ4v) is 4.76. The van der Waals surface area contributed by atoms with Crippen LogP contribution in [0.2, 0.25) is 0 Å². The van der Waals surface area contributed by atoms with Crippen LogP contribution in [0.3, 0.4) is 0 Å². The molecule has 3 aromatic heterocycles. The molecular formula is C23H25N5O2. The van der Waals surface area contributed by atoms with E-state index >= 15 is 0 Å². The summed E-state index contributed by atoms with van der Waals surface area (Å²) in [6.45, 7) is 10.1. The first-order valence-electron chi connectivity index (χ1n) is 10.2. The molecule has 0 unspecified atom stereocenters. The molecule has 0 amide bonds. The van der Waals surface area contributed by atoms with Crippen molar-refractivity contribution in [1.82, 2.24) is 19.7 Å². The van der Waals surface area contributed by atoms with Crippen molar-refractivity contribution in [2.45, 2.75) is 53.4 Å². The number of hydrogen-bond donors (Lipinski definition) is 1. The number of anilines is 1. The van der Waals surface area contributed by atoms with E-state index in [0.717, 1.165) is 51.9 Å². The van der Waals surface area contributed by atoms with E-state index in [1.54, 1.807) is 10.9 Å². The Hall–Kier alpha value is -3.22. The topological polar surface area (TPSA) is 85.8 Å². The zero-order valence-electron chi connectivity index (χ0n) is 17.9. The lowest BCUT2D eigenvalue weighted by molar-refractivity contribution is -0.118. The molecule has 0 fully saturated rings. The normalized spacial score (nSPS) is 20.0. The molecule has 7 nitrogen and oxygen atoms in total. The third kappa shape index (κ3) is 2.88. The van der Waals surface area contributed by atoms with Gasteiger partial charge >= 0.3 is 0 Å². The first-order valence-corrected chi connectivity index (χ1v) is 10.2. The van der Waals surface area contributed by atoms with Crippen LogP contribution in [0.5, 0.6) is 0 Å². The van der Waals surface area contributed by atoms with Crippen molar-refractivity contribution in [3.8, 4) is 5.95 Å². The first-order chi connectivity index (χ1) is 14.2. The SMILES string of the molecule is Cc1cc(C)nc(-n2nc(C)c3c2NC2=C(C(=O)CC(C)(C)C2)[C@H]3c2ccco2)n1. The minimum atomic E-state index is -0.283. The maximum Gasteiger partial charge on any atom is 0.252 e. The van der Waals surface area contributed by atoms with Crippen LogP contribution in [-0.2, 0) is 4.79 Å². The molecule has 1 atom stereocenters. The zero-order chi connectivity index (χ0) is 21.2. The first kappa shape index (κ1) is 18.8. The highest BCUT2D eigenvalue weighted by Gasteiger charge is 2.44. The summed E-state index contributed by atoms with van der Waals surface area (Å²) in [7, 11) is 0. The molecule has 2 aliphatic rings. The van der Waals surface area contributed by atoms with E-state index in [1.807, 2.05) is 39.0 Å². The number of nitrogens with one attached hydrogen (secondary N) is 1. The Labute approximate surface area is 175 Å². The Morgan fingerprint density at radius 3 is 2.57 bits per heavy atom. The molecular weight excluding hydrogens is 378 g/mol. The molecule has 154 valence electrons. The minimum Gasteiger partial charge on any atom is -0.468 e. The lowest BCUT2D eigenvalue weighted by Gasteiger charge is -2.37. The third-order valence-corrected chi connectivity index (χ3v) is 5.86. The van der Waals surface area contributed by atoms with Crippen molar-refractivity contribution in [3.05, 3.63) is 64.1 Å². The highest BCUT2D eigenvalue weighted by atomic mass is 16.3. The summed E-state index contributed by atoms with van der Waals surface area (Å²) in [6, 6.07) is 5.73. The highest BCUT2D eigenvalue weighted by Crippen LogP contribution is 2.50. The van der Waals surface area contributed by atoms with Crippen molar-refractivity contribution < 1.29 is 9.21 Å². The predicted molar refractivity (Wildman–Crippen MR) is 113 cm³/mol. The van der Waals surface area contributed by atoms with E-state index in [1.165, 1.54) is 0 Å². The second-order valence-electron chi connectivity index (χ2n) is 9.12. The quantitative estimate of drug-likeness (QED) is 0.683. The zero-order valence-corrected chi connectivity index (χ0v) is 17.9. The van der Waals surface area contributed by atoms with Crippen LogP contribution >= 0.6 is 0 Å². The van der Waals surface area contributed by atoms with Crippen molar-refractivity contribution >= 4 is 11.6 Å². The van der Waals surface area contributed by atoms with Crippen LogP contribution in [0, 0.1) is 26.2 Å². The standard InChI is InChI=1S/C23H25N5O2/c1-12-9-13(2)25-22(24-12)28-21-18(14(3)27-28)20(17-7-6-8-30-17)19-15(26-21)10-23(4,5)11-16(19)29/h6-9,20,26H,10-11H2,1-5H3/t20-/m0/s1. The van der Waals surface area contributed by atoms with Gasteiger partial charge in [0.25, 0.3) is 5.95 Å². The van der Waals surface area contributed by atoms with Gasteiger partial charge in [-0.2, -0.15) is 9.78 Å². The summed E-state index contributed by atoms with van der Waals surface area (Å²) in [5, 5.41) is 8.31. The maximum absolute atomic E-state index is 13.2.